The summed E-state index contributed by atoms with van der Waals surface area (Å²) >= 11 is 5.87. The number of anilines is 1. The number of hydrogen-bond acceptors (Lipinski definition) is 3. The van der Waals surface area contributed by atoms with Gasteiger partial charge in [0.05, 0.1) is 0 Å². The molecule has 1 fully saturated rings. The molecule has 1 saturated heterocycles. The highest BCUT2D eigenvalue weighted by atomic mass is 35.5. The number of benzene rings is 1. The zero-order valence-corrected chi connectivity index (χ0v) is 11.0. The number of nitrogens with two attached hydrogens (primary N) is 2. The Balaban J connectivity index is 1.93. The average molecular weight is 268 g/mol. The molecule has 0 saturated carbocycles. The number of primary amides is 1. The van der Waals surface area contributed by atoms with Gasteiger partial charge >= 0.3 is 0 Å². The van der Waals surface area contributed by atoms with E-state index in [0.717, 1.165) is 43.7 Å². The fraction of sp³-hybridized carbons (Fsp3) is 0.462. The number of carbonyl (C=O) groups is 1. The first kappa shape index (κ1) is 13.2. The number of nitrogen functional groups attached to an aromatic ring is 1. The molecule has 0 atom stereocenters. The minimum absolute atomic E-state index is 0.0313. The maximum atomic E-state index is 11.1. The van der Waals surface area contributed by atoms with Gasteiger partial charge in [-0.05, 0) is 43.6 Å². The molecule has 1 aliphatic rings. The van der Waals surface area contributed by atoms with E-state index in [-0.39, 0.29) is 11.8 Å². The summed E-state index contributed by atoms with van der Waals surface area (Å²) in [5.41, 5.74) is 13.0. The summed E-state index contributed by atoms with van der Waals surface area (Å²) in [5, 5.41) is 0.656. The maximum Gasteiger partial charge on any atom is 0.220 e. The summed E-state index contributed by atoms with van der Waals surface area (Å²) in [6.45, 7) is 2.57. The van der Waals surface area contributed by atoms with Crippen molar-refractivity contribution in [3.05, 3.63) is 28.8 Å². The van der Waals surface area contributed by atoms with E-state index in [1.807, 2.05) is 12.1 Å². The second kappa shape index (κ2) is 5.59. The number of carbonyl (C=O) groups excluding carboxylic acids is 1. The lowest BCUT2D eigenvalue weighted by Gasteiger charge is -2.30. The van der Waals surface area contributed by atoms with Crippen LogP contribution in [0.2, 0.25) is 5.02 Å². The SMILES string of the molecule is NC(=O)C1CCN(Cc2ccc(Cl)cc2N)CC1. The fourth-order valence-corrected chi connectivity index (χ4v) is 2.51. The van der Waals surface area contributed by atoms with Crippen LogP contribution >= 0.6 is 11.6 Å². The molecule has 4 N–H and O–H groups in total. The largest absolute Gasteiger partial charge is 0.398 e. The first-order valence-corrected chi connectivity index (χ1v) is 6.49. The molecule has 1 aromatic carbocycles. The van der Waals surface area contributed by atoms with Crippen LogP contribution in [-0.4, -0.2) is 23.9 Å². The van der Waals surface area contributed by atoms with E-state index in [1.165, 1.54) is 0 Å². The van der Waals surface area contributed by atoms with E-state index in [9.17, 15) is 4.79 Å². The molecule has 0 unspecified atom stereocenters. The first-order valence-electron chi connectivity index (χ1n) is 6.12. The van der Waals surface area contributed by atoms with Crippen LogP contribution in [0.4, 0.5) is 5.69 Å². The molecule has 18 heavy (non-hydrogen) atoms. The molecule has 0 aliphatic carbocycles. The summed E-state index contributed by atoms with van der Waals surface area (Å²) < 4.78 is 0. The lowest BCUT2D eigenvalue weighted by atomic mass is 9.96. The van der Waals surface area contributed by atoms with Gasteiger partial charge in [-0.15, -0.1) is 0 Å². The Hall–Kier alpha value is -1.26. The van der Waals surface area contributed by atoms with Crippen molar-refractivity contribution in [1.29, 1.82) is 0 Å². The highest BCUT2D eigenvalue weighted by molar-refractivity contribution is 6.30. The molecule has 1 aliphatic heterocycles. The Labute approximate surface area is 112 Å². The Morgan fingerprint density at radius 1 is 1.39 bits per heavy atom. The van der Waals surface area contributed by atoms with Crippen molar-refractivity contribution in [3.63, 3.8) is 0 Å². The summed E-state index contributed by atoms with van der Waals surface area (Å²) in [6, 6.07) is 5.58. The van der Waals surface area contributed by atoms with Crippen molar-refractivity contribution in [3.8, 4) is 0 Å². The third-order valence-corrected chi connectivity index (χ3v) is 3.73. The maximum absolute atomic E-state index is 11.1. The van der Waals surface area contributed by atoms with Gasteiger partial charge in [0.25, 0.3) is 0 Å². The van der Waals surface area contributed by atoms with Crippen LogP contribution in [0, 0.1) is 5.92 Å². The quantitative estimate of drug-likeness (QED) is 0.818. The van der Waals surface area contributed by atoms with Gasteiger partial charge in [0.1, 0.15) is 0 Å². The van der Waals surface area contributed by atoms with Crippen LogP contribution in [0.25, 0.3) is 0 Å². The second-order valence-corrected chi connectivity index (χ2v) is 5.23. The predicted molar refractivity (Wildman–Crippen MR) is 73.1 cm³/mol. The zero-order chi connectivity index (χ0) is 13.1. The molecule has 0 spiro atoms. The predicted octanol–water partition coefficient (Wildman–Crippen LogP) is 1.62. The van der Waals surface area contributed by atoms with Gasteiger partial charge < -0.3 is 11.5 Å². The molecule has 4 nitrogen and oxygen atoms in total. The Kier molecular flexibility index (Phi) is 4.09. The van der Waals surface area contributed by atoms with Gasteiger partial charge in [0, 0.05) is 23.2 Å². The van der Waals surface area contributed by atoms with E-state index < -0.39 is 0 Å². The van der Waals surface area contributed by atoms with Crippen LogP contribution in [0.1, 0.15) is 18.4 Å². The number of halogens is 1. The van der Waals surface area contributed by atoms with Crippen LogP contribution in [0.3, 0.4) is 0 Å². The van der Waals surface area contributed by atoms with Gasteiger partial charge in [0.2, 0.25) is 5.91 Å². The third-order valence-electron chi connectivity index (χ3n) is 3.49. The lowest BCUT2D eigenvalue weighted by Crippen LogP contribution is -2.38. The van der Waals surface area contributed by atoms with Crippen molar-refractivity contribution >= 4 is 23.2 Å². The topological polar surface area (TPSA) is 72.4 Å². The molecule has 1 heterocycles. The zero-order valence-electron chi connectivity index (χ0n) is 10.2. The summed E-state index contributed by atoms with van der Waals surface area (Å²) in [5.74, 6) is -0.149. The first-order chi connectivity index (χ1) is 8.56. The average Bonchev–Trinajstić information content (AvgIpc) is 2.33. The monoisotopic (exact) mass is 267 g/mol. The van der Waals surface area contributed by atoms with Crippen molar-refractivity contribution in [2.24, 2.45) is 11.7 Å². The van der Waals surface area contributed by atoms with Crippen molar-refractivity contribution in [1.82, 2.24) is 4.90 Å². The summed E-state index contributed by atoms with van der Waals surface area (Å²) in [7, 11) is 0. The lowest BCUT2D eigenvalue weighted by molar-refractivity contribution is -0.123. The van der Waals surface area contributed by atoms with Gasteiger partial charge in [-0.3, -0.25) is 9.69 Å². The van der Waals surface area contributed by atoms with Crippen LogP contribution in [-0.2, 0) is 11.3 Å². The van der Waals surface area contributed by atoms with E-state index in [1.54, 1.807) is 6.07 Å². The number of amides is 1. The summed E-state index contributed by atoms with van der Waals surface area (Å²) in [4.78, 5) is 13.4. The number of piperidine rings is 1. The Bertz CT molecular complexity index is 442. The highest BCUT2D eigenvalue weighted by Crippen LogP contribution is 2.23. The van der Waals surface area contributed by atoms with E-state index >= 15 is 0 Å². The third kappa shape index (κ3) is 3.15. The normalized spacial score (nSPS) is 17.8. The molecular formula is C13H18ClN3O. The number of hydrogen-bond donors (Lipinski definition) is 2. The Morgan fingerprint density at radius 2 is 2.06 bits per heavy atom. The number of likely N-dealkylation sites (tertiary alicyclic amines) is 1. The molecular weight excluding hydrogens is 250 g/mol. The van der Waals surface area contributed by atoms with Crippen LogP contribution in [0.15, 0.2) is 18.2 Å². The smallest absolute Gasteiger partial charge is 0.220 e. The minimum Gasteiger partial charge on any atom is -0.398 e. The van der Waals surface area contributed by atoms with E-state index in [0.29, 0.717) is 5.02 Å². The molecule has 0 radical (unpaired) electrons. The highest BCUT2D eigenvalue weighted by Gasteiger charge is 2.23. The van der Waals surface area contributed by atoms with Crippen LogP contribution in [0.5, 0.6) is 0 Å². The summed E-state index contributed by atoms with van der Waals surface area (Å²) in [6.07, 6.45) is 1.67. The van der Waals surface area contributed by atoms with Gasteiger partial charge in [-0.25, -0.2) is 0 Å². The number of rotatable bonds is 3. The van der Waals surface area contributed by atoms with Crippen LogP contribution < -0.4 is 11.5 Å². The van der Waals surface area contributed by atoms with Crippen molar-refractivity contribution in [2.45, 2.75) is 19.4 Å². The second-order valence-electron chi connectivity index (χ2n) is 4.80. The molecule has 98 valence electrons. The van der Waals surface area contributed by atoms with Gasteiger partial charge in [0.15, 0.2) is 0 Å². The molecule has 1 amide bonds. The fourth-order valence-electron chi connectivity index (χ4n) is 2.33. The molecule has 0 bridgehead atoms. The van der Waals surface area contributed by atoms with E-state index in [4.69, 9.17) is 23.1 Å². The van der Waals surface area contributed by atoms with E-state index in [2.05, 4.69) is 4.90 Å². The standard InChI is InChI=1S/C13H18ClN3O/c14-11-2-1-10(12(15)7-11)8-17-5-3-9(4-6-17)13(16)18/h1-2,7,9H,3-6,8,15H2,(H2,16,18). The van der Waals surface area contributed by atoms with Gasteiger partial charge in [-0.1, -0.05) is 17.7 Å². The molecule has 0 aromatic heterocycles. The molecule has 2 rings (SSSR count). The van der Waals surface area contributed by atoms with Crippen molar-refractivity contribution < 1.29 is 4.79 Å². The molecule has 5 heteroatoms. The number of nitrogens with zero attached hydrogens (tertiary/aromatic N) is 1. The minimum atomic E-state index is -0.180. The van der Waals surface area contributed by atoms with Gasteiger partial charge in [-0.2, -0.15) is 0 Å². The van der Waals surface area contributed by atoms with Crippen molar-refractivity contribution in [2.75, 3.05) is 18.8 Å². The Morgan fingerprint density at radius 3 is 2.61 bits per heavy atom. The molecule has 1 aromatic rings.